The molecule has 3 heterocycles. The lowest BCUT2D eigenvalue weighted by Gasteiger charge is -2.30. The van der Waals surface area contributed by atoms with Gasteiger partial charge in [0.15, 0.2) is 0 Å². The highest BCUT2D eigenvalue weighted by Gasteiger charge is 2.29. The lowest BCUT2D eigenvalue weighted by Crippen LogP contribution is -2.38. The van der Waals surface area contributed by atoms with Crippen LogP contribution in [0.25, 0.3) is 11.4 Å². The van der Waals surface area contributed by atoms with Crippen LogP contribution in [-0.2, 0) is 16.6 Å². The fourth-order valence-electron chi connectivity index (χ4n) is 3.16. The van der Waals surface area contributed by atoms with Gasteiger partial charge in [0, 0.05) is 37.4 Å². The summed E-state index contributed by atoms with van der Waals surface area (Å²) in [5, 5.41) is 4.30. The van der Waals surface area contributed by atoms with Gasteiger partial charge in [0.2, 0.25) is 10.0 Å². The highest BCUT2D eigenvalue weighted by molar-refractivity contribution is 7.88. The van der Waals surface area contributed by atoms with Crippen LogP contribution in [0, 0.1) is 6.92 Å². The van der Waals surface area contributed by atoms with Crippen LogP contribution in [0.4, 0.5) is 0 Å². The molecule has 1 aliphatic heterocycles. The van der Waals surface area contributed by atoms with Crippen molar-refractivity contribution in [2.24, 2.45) is 0 Å². The molecule has 0 N–H and O–H groups in total. The van der Waals surface area contributed by atoms with Gasteiger partial charge in [0.25, 0.3) is 0 Å². The minimum atomic E-state index is -3.18. The lowest BCUT2D eigenvalue weighted by molar-refractivity contribution is 0.311. The van der Waals surface area contributed by atoms with Crippen LogP contribution in [0.2, 0.25) is 0 Å². The fraction of sp³-hybridized carbons (Fsp3) is 0.562. The van der Waals surface area contributed by atoms with E-state index in [9.17, 15) is 8.42 Å². The molecule has 0 radical (unpaired) electrons. The van der Waals surface area contributed by atoms with E-state index in [0.717, 1.165) is 42.3 Å². The van der Waals surface area contributed by atoms with Crippen molar-refractivity contribution < 1.29 is 8.42 Å². The van der Waals surface area contributed by atoms with Gasteiger partial charge in [-0.05, 0) is 38.8 Å². The van der Waals surface area contributed by atoms with E-state index in [1.807, 2.05) is 30.7 Å². The van der Waals surface area contributed by atoms with Crippen LogP contribution in [0.3, 0.4) is 0 Å². The Kier molecular flexibility index (Phi) is 4.69. The van der Waals surface area contributed by atoms with Gasteiger partial charge < -0.3 is 0 Å². The van der Waals surface area contributed by atoms with Crippen LogP contribution >= 0.6 is 0 Å². The van der Waals surface area contributed by atoms with Crippen LogP contribution in [-0.4, -0.2) is 51.8 Å². The second kappa shape index (κ2) is 6.60. The zero-order valence-electron chi connectivity index (χ0n) is 14.3. The highest BCUT2D eigenvalue weighted by atomic mass is 32.2. The summed E-state index contributed by atoms with van der Waals surface area (Å²) in [6, 6.07) is 3.89. The smallest absolute Gasteiger partial charge is 0.211 e. The van der Waals surface area contributed by atoms with Crippen LogP contribution < -0.4 is 0 Å². The number of hydrogen-bond donors (Lipinski definition) is 0. The van der Waals surface area contributed by atoms with Crippen LogP contribution in [0.5, 0.6) is 0 Å². The van der Waals surface area contributed by atoms with Crippen molar-refractivity contribution in [3.63, 3.8) is 0 Å². The van der Waals surface area contributed by atoms with Crippen molar-refractivity contribution in [3.05, 3.63) is 29.8 Å². The monoisotopic (exact) mass is 349 g/mol. The standard InChI is InChI=1S/C16H23N5O2S/c1-4-21-15(7-8-17-21)14-10-12(2)18-16(19-14)13-6-5-9-20(11-13)24(3,22)23/h7-8,10,13H,4-6,9,11H2,1-3H3. The summed E-state index contributed by atoms with van der Waals surface area (Å²) < 4.78 is 27.1. The molecule has 0 aliphatic carbocycles. The molecule has 0 bridgehead atoms. The van der Waals surface area contributed by atoms with E-state index >= 15 is 0 Å². The normalized spacial score (nSPS) is 19.5. The molecule has 24 heavy (non-hydrogen) atoms. The zero-order chi connectivity index (χ0) is 17.3. The number of aryl methyl sites for hydroxylation is 2. The Balaban J connectivity index is 1.94. The molecule has 7 nitrogen and oxygen atoms in total. The molecular weight excluding hydrogens is 326 g/mol. The Morgan fingerprint density at radius 1 is 1.33 bits per heavy atom. The molecule has 1 unspecified atom stereocenters. The molecule has 0 spiro atoms. The summed E-state index contributed by atoms with van der Waals surface area (Å²) in [6.45, 7) is 5.78. The van der Waals surface area contributed by atoms with Crippen LogP contribution in [0.15, 0.2) is 18.3 Å². The molecule has 0 amide bonds. The summed E-state index contributed by atoms with van der Waals surface area (Å²) in [7, 11) is -3.18. The number of aromatic nitrogens is 4. The van der Waals surface area contributed by atoms with Crippen molar-refractivity contribution in [2.75, 3.05) is 19.3 Å². The van der Waals surface area contributed by atoms with E-state index in [1.165, 1.54) is 10.6 Å². The maximum atomic E-state index is 11.8. The van der Waals surface area contributed by atoms with Crippen molar-refractivity contribution in [1.29, 1.82) is 0 Å². The number of nitrogens with zero attached hydrogens (tertiary/aromatic N) is 5. The molecule has 1 saturated heterocycles. The third kappa shape index (κ3) is 3.49. The fourth-order valence-corrected chi connectivity index (χ4v) is 4.07. The second-order valence-electron chi connectivity index (χ2n) is 6.25. The number of sulfonamides is 1. The molecule has 1 fully saturated rings. The first-order valence-electron chi connectivity index (χ1n) is 8.21. The molecule has 130 valence electrons. The first-order chi connectivity index (χ1) is 11.4. The van der Waals surface area contributed by atoms with Crippen molar-refractivity contribution in [3.8, 4) is 11.4 Å². The van der Waals surface area contributed by atoms with Gasteiger partial charge >= 0.3 is 0 Å². The van der Waals surface area contributed by atoms with Gasteiger partial charge in [0.1, 0.15) is 5.82 Å². The Morgan fingerprint density at radius 2 is 2.12 bits per heavy atom. The molecule has 0 aromatic carbocycles. The quantitative estimate of drug-likeness (QED) is 0.841. The highest BCUT2D eigenvalue weighted by Crippen LogP contribution is 2.28. The average molecular weight is 349 g/mol. The van der Waals surface area contributed by atoms with Crippen molar-refractivity contribution >= 4 is 10.0 Å². The van der Waals surface area contributed by atoms with E-state index < -0.39 is 10.0 Å². The van der Waals surface area contributed by atoms with E-state index in [0.29, 0.717) is 13.1 Å². The summed E-state index contributed by atoms with van der Waals surface area (Å²) >= 11 is 0. The molecule has 8 heteroatoms. The summed E-state index contributed by atoms with van der Waals surface area (Å²) in [6.07, 6.45) is 4.76. The summed E-state index contributed by atoms with van der Waals surface area (Å²) in [5.41, 5.74) is 2.68. The molecule has 2 aromatic rings. The summed E-state index contributed by atoms with van der Waals surface area (Å²) in [5.74, 6) is 0.757. The molecule has 3 rings (SSSR count). The summed E-state index contributed by atoms with van der Waals surface area (Å²) in [4.78, 5) is 9.31. The van der Waals surface area contributed by atoms with Gasteiger partial charge in [-0.2, -0.15) is 5.10 Å². The predicted molar refractivity (Wildman–Crippen MR) is 92.1 cm³/mol. The van der Waals surface area contributed by atoms with Crippen molar-refractivity contribution in [1.82, 2.24) is 24.1 Å². The Morgan fingerprint density at radius 3 is 2.83 bits per heavy atom. The zero-order valence-corrected chi connectivity index (χ0v) is 15.1. The number of piperidine rings is 1. The van der Waals surface area contributed by atoms with E-state index in [-0.39, 0.29) is 5.92 Å². The third-order valence-corrected chi connectivity index (χ3v) is 5.64. The van der Waals surface area contributed by atoms with Crippen LogP contribution in [0.1, 0.15) is 37.2 Å². The van der Waals surface area contributed by atoms with E-state index in [1.54, 1.807) is 6.20 Å². The Bertz CT molecular complexity index is 831. The predicted octanol–water partition coefficient (Wildman–Crippen LogP) is 1.81. The van der Waals surface area contributed by atoms with Gasteiger partial charge in [0.05, 0.1) is 17.6 Å². The third-order valence-electron chi connectivity index (χ3n) is 4.37. The molecule has 1 aliphatic rings. The number of hydrogen-bond acceptors (Lipinski definition) is 5. The van der Waals surface area contributed by atoms with Gasteiger partial charge in [-0.1, -0.05) is 0 Å². The minimum Gasteiger partial charge on any atom is -0.264 e. The maximum absolute atomic E-state index is 11.8. The van der Waals surface area contributed by atoms with Gasteiger partial charge in [-0.15, -0.1) is 0 Å². The topological polar surface area (TPSA) is 81.0 Å². The first kappa shape index (κ1) is 17.0. The van der Waals surface area contributed by atoms with Gasteiger partial charge in [-0.3, -0.25) is 4.68 Å². The largest absolute Gasteiger partial charge is 0.264 e. The van der Waals surface area contributed by atoms with Crippen molar-refractivity contribution in [2.45, 2.75) is 39.2 Å². The second-order valence-corrected chi connectivity index (χ2v) is 8.23. The minimum absolute atomic E-state index is 0.0325. The first-order valence-corrected chi connectivity index (χ1v) is 10.1. The molecular formula is C16H23N5O2S. The lowest BCUT2D eigenvalue weighted by atomic mass is 9.98. The molecule has 2 aromatic heterocycles. The maximum Gasteiger partial charge on any atom is 0.211 e. The van der Waals surface area contributed by atoms with Gasteiger partial charge in [-0.25, -0.2) is 22.7 Å². The SMILES string of the molecule is CCn1nccc1-c1cc(C)nc(C2CCCN(S(C)(=O)=O)C2)n1. The Labute approximate surface area is 142 Å². The molecule has 1 atom stereocenters. The van der Waals surface area contributed by atoms with E-state index in [4.69, 9.17) is 4.98 Å². The average Bonchev–Trinajstić information content (AvgIpc) is 3.02. The number of rotatable bonds is 4. The Hall–Kier alpha value is -1.80. The molecule has 0 saturated carbocycles. The van der Waals surface area contributed by atoms with E-state index in [2.05, 4.69) is 10.1 Å².